The summed E-state index contributed by atoms with van der Waals surface area (Å²) in [6.45, 7) is 0. The van der Waals surface area contributed by atoms with Gasteiger partial charge in [0.1, 0.15) is 0 Å². The highest BCUT2D eigenvalue weighted by Gasteiger charge is 2.25. The Labute approximate surface area is 165 Å². The molecule has 0 atom stereocenters. The van der Waals surface area contributed by atoms with E-state index >= 15 is 0 Å². The Morgan fingerprint density at radius 1 is 0.381 bits per heavy atom. The van der Waals surface area contributed by atoms with E-state index in [2.05, 4.69) is 0 Å². The first-order valence-electron chi connectivity index (χ1n) is 5.03. The van der Waals surface area contributed by atoms with Gasteiger partial charge in [0.05, 0.1) is 45.2 Å². The van der Waals surface area contributed by atoms with Gasteiger partial charge in [0.15, 0.2) is 0 Å². The molecule has 0 bridgehead atoms. The molecule has 0 unspecified atom stereocenters. The van der Waals surface area contributed by atoms with Gasteiger partial charge in [-0.3, -0.25) is 0 Å². The molecule has 0 aliphatic carbocycles. The largest absolute Gasteiger partial charge is 0.0835 e. The van der Waals surface area contributed by atoms with Crippen LogP contribution in [-0.2, 0) is 0 Å². The van der Waals surface area contributed by atoms with E-state index in [1.165, 1.54) is 6.07 Å². The lowest BCUT2D eigenvalue weighted by atomic mass is 10.0. The fourth-order valence-corrected chi connectivity index (χ4v) is 4.05. The minimum atomic E-state index is 0.0286. The van der Waals surface area contributed by atoms with E-state index < -0.39 is 0 Å². The highest BCUT2D eigenvalue weighted by molar-refractivity contribution is 6.58. The van der Waals surface area contributed by atoms with Crippen LogP contribution >= 0.6 is 104 Å². The lowest BCUT2D eigenvalue weighted by molar-refractivity contribution is 1.61. The van der Waals surface area contributed by atoms with Gasteiger partial charge in [0, 0.05) is 11.1 Å². The van der Waals surface area contributed by atoms with Gasteiger partial charge in [-0.05, 0) is 6.07 Å². The summed E-state index contributed by atoms with van der Waals surface area (Å²) < 4.78 is 0. The second kappa shape index (κ2) is 6.89. The van der Waals surface area contributed by atoms with E-state index in [1.54, 1.807) is 0 Å². The van der Waals surface area contributed by atoms with Crippen molar-refractivity contribution < 1.29 is 0 Å². The molecule has 0 spiro atoms. The summed E-state index contributed by atoms with van der Waals surface area (Å²) in [6.07, 6.45) is 0. The molecule has 0 aliphatic heterocycles. The molecule has 0 N–H and O–H groups in total. The van der Waals surface area contributed by atoms with Crippen LogP contribution < -0.4 is 0 Å². The average molecular weight is 464 g/mol. The maximum Gasteiger partial charge on any atom is 0.0809 e. The maximum absolute atomic E-state index is 6.19. The molecule has 0 nitrogen and oxygen atoms in total. The van der Waals surface area contributed by atoms with Gasteiger partial charge in [-0.25, -0.2) is 0 Å². The van der Waals surface area contributed by atoms with Crippen LogP contribution in [0, 0.1) is 0 Å². The first-order valence-corrected chi connectivity index (χ1v) is 8.43. The maximum atomic E-state index is 6.19. The van der Waals surface area contributed by atoms with Gasteiger partial charge in [-0.15, -0.1) is 0 Å². The summed E-state index contributed by atoms with van der Waals surface area (Å²) in [4.78, 5) is 0. The second-order valence-electron chi connectivity index (χ2n) is 3.79. The molecular weight excluding hydrogens is 463 g/mol. The van der Waals surface area contributed by atoms with Gasteiger partial charge in [-0.2, -0.15) is 0 Å². The van der Waals surface area contributed by atoms with Crippen molar-refractivity contribution in [2.75, 3.05) is 0 Å². The average Bonchev–Trinajstić information content (AvgIpc) is 2.44. The number of hydrogen-bond donors (Lipinski definition) is 0. The number of halogens is 9. The molecule has 0 saturated carbocycles. The van der Waals surface area contributed by atoms with Crippen LogP contribution in [0.5, 0.6) is 0 Å². The van der Waals surface area contributed by atoms with Gasteiger partial charge < -0.3 is 0 Å². The van der Waals surface area contributed by atoms with Crippen molar-refractivity contribution >= 4 is 104 Å². The third kappa shape index (κ3) is 3.18. The molecule has 9 heteroatoms. The summed E-state index contributed by atoms with van der Waals surface area (Å²) in [7, 11) is 0. The van der Waals surface area contributed by atoms with E-state index in [0.29, 0.717) is 0 Å². The molecule has 2 rings (SSSR count). The molecule has 0 aromatic heterocycles. The zero-order valence-corrected chi connectivity index (χ0v) is 16.3. The van der Waals surface area contributed by atoms with E-state index in [4.69, 9.17) is 104 Å². The molecule has 0 saturated heterocycles. The third-order valence-corrected chi connectivity index (χ3v) is 6.41. The standard InChI is InChI=1S/C12HCl9/c13-2-1-3(14)6(15)7(16)4(2)5-8(17)10(19)12(21)11(20)9(5)18/h1H. The molecule has 0 heterocycles. The predicted molar refractivity (Wildman–Crippen MR) is 97.0 cm³/mol. The molecule has 2 aromatic carbocycles. The lowest BCUT2D eigenvalue weighted by Gasteiger charge is -2.16. The zero-order chi connectivity index (χ0) is 16.1. The predicted octanol–water partition coefficient (Wildman–Crippen LogP) is 9.23. The van der Waals surface area contributed by atoms with Gasteiger partial charge >= 0.3 is 0 Å². The summed E-state index contributed by atoms with van der Waals surface area (Å²) in [5, 5.41) is 0.753. The van der Waals surface area contributed by atoms with Crippen molar-refractivity contribution in [1.82, 2.24) is 0 Å². The van der Waals surface area contributed by atoms with Crippen molar-refractivity contribution in [3.8, 4) is 11.1 Å². The Kier molecular flexibility index (Phi) is 6.03. The smallest absolute Gasteiger partial charge is 0.0809 e. The number of rotatable bonds is 1. The van der Waals surface area contributed by atoms with Crippen molar-refractivity contribution in [1.29, 1.82) is 0 Å². The molecule has 0 radical (unpaired) electrons. The number of hydrogen-bond acceptors (Lipinski definition) is 0. The first kappa shape index (κ1) is 18.4. The minimum Gasteiger partial charge on any atom is -0.0835 e. The van der Waals surface area contributed by atoms with Crippen LogP contribution in [0.3, 0.4) is 0 Å². The summed E-state index contributed by atoms with van der Waals surface area (Å²) >= 11 is 54.7. The number of benzene rings is 2. The van der Waals surface area contributed by atoms with Crippen molar-refractivity contribution in [3.05, 3.63) is 51.3 Å². The molecule has 0 amide bonds. The normalized spacial score (nSPS) is 11.1. The van der Waals surface area contributed by atoms with E-state index in [-0.39, 0.29) is 56.3 Å². The minimum absolute atomic E-state index is 0.0286. The third-order valence-electron chi connectivity index (χ3n) is 2.57. The van der Waals surface area contributed by atoms with Crippen LogP contribution in [0.1, 0.15) is 0 Å². The quantitative estimate of drug-likeness (QED) is 0.292. The van der Waals surface area contributed by atoms with Crippen LogP contribution in [0.4, 0.5) is 0 Å². The summed E-state index contributed by atoms with van der Waals surface area (Å²) in [5.74, 6) is 0. The van der Waals surface area contributed by atoms with Gasteiger partial charge in [0.2, 0.25) is 0 Å². The molecular formula is C12HCl9. The highest BCUT2D eigenvalue weighted by Crippen LogP contribution is 2.53. The molecule has 2 aromatic rings. The van der Waals surface area contributed by atoms with Gasteiger partial charge in [-0.1, -0.05) is 104 Å². The monoisotopic (exact) mass is 460 g/mol. The van der Waals surface area contributed by atoms with Gasteiger partial charge in [0.25, 0.3) is 0 Å². The van der Waals surface area contributed by atoms with Crippen molar-refractivity contribution in [2.24, 2.45) is 0 Å². The summed E-state index contributed by atoms with van der Waals surface area (Å²) in [6, 6.07) is 1.41. The van der Waals surface area contributed by atoms with E-state index in [0.717, 1.165) is 0 Å². The Bertz CT molecular complexity index is 722. The van der Waals surface area contributed by atoms with Crippen LogP contribution in [0.15, 0.2) is 6.07 Å². The Balaban J connectivity index is 2.96. The van der Waals surface area contributed by atoms with Crippen molar-refractivity contribution in [2.45, 2.75) is 0 Å². The SMILES string of the molecule is Clc1cc(Cl)c(-c2c(Cl)c(Cl)c(Cl)c(Cl)c2Cl)c(Cl)c1Cl. The van der Waals surface area contributed by atoms with Crippen LogP contribution in [-0.4, -0.2) is 0 Å². The Hall–Kier alpha value is 1.05. The first-order chi connectivity index (χ1) is 9.68. The molecule has 21 heavy (non-hydrogen) atoms. The Morgan fingerprint density at radius 2 is 0.762 bits per heavy atom. The van der Waals surface area contributed by atoms with E-state index in [9.17, 15) is 0 Å². The summed E-state index contributed by atoms with van der Waals surface area (Å²) in [5.41, 5.74) is 0.495. The van der Waals surface area contributed by atoms with Crippen molar-refractivity contribution in [3.63, 3.8) is 0 Å². The fourth-order valence-electron chi connectivity index (χ4n) is 1.62. The second-order valence-corrected chi connectivity index (χ2v) is 7.25. The zero-order valence-electron chi connectivity index (χ0n) is 9.48. The topological polar surface area (TPSA) is 0 Å². The molecule has 112 valence electrons. The van der Waals surface area contributed by atoms with Crippen LogP contribution in [0.2, 0.25) is 45.2 Å². The lowest BCUT2D eigenvalue weighted by Crippen LogP contribution is -1.90. The molecule has 0 aliphatic rings. The fraction of sp³-hybridized carbons (Fsp3) is 0. The van der Waals surface area contributed by atoms with Crippen LogP contribution in [0.25, 0.3) is 11.1 Å². The Morgan fingerprint density at radius 3 is 1.24 bits per heavy atom. The van der Waals surface area contributed by atoms with E-state index in [1.807, 2.05) is 0 Å². The highest BCUT2D eigenvalue weighted by atomic mass is 35.5. The molecule has 0 fully saturated rings.